The Hall–Kier alpha value is -0.890. The Morgan fingerprint density at radius 3 is 2.87 bits per heavy atom. The Morgan fingerprint density at radius 1 is 1.47 bits per heavy atom. The number of nitrogens with zero attached hydrogens (tertiary/aromatic N) is 1. The average molecular weight is 204 g/mol. The van der Waals surface area contributed by atoms with Gasteiger partial charge in [-0.2, -0.15) is 0 Å². The van der Waals surface area contributed by atoms with Gasteiger partial charge in [-0.25, -0.2) is 0 Å². The summed E-state index contributed by atoms with van der Waals surface area (Å²) < 4.78 is 0. The lowest BCUT2D eigenvalue weighted by Crippen LogP contribution is -2.33. The van der Waals surface area contributed by atoms with Crippen molar-refractivity contribution in [1.82, 2.24) is 10.3 Å². The van der Waals surface area contributed by atoms with Crippen LogP contribution in [0.1, 0.15) is 31.2 Å². The minimum Gasteiger partial charge on any atom is -0.314 e. The van der Waals surface area contributed by atoms with Gasteiger partial charge in [-0.3, -0.25) is 4.98 Å². The molecule has 15 heavy (non-hydrogen) atoms. The molecule has 0 saturated heterocycles. The van der Waals surface area contributed by atoms with Crippen molar-refractivity contribution in [2.24, 2.45) is 5.92 Å². The van der Waals surface area contributed by atoms with Crippen LogP contribution in [0.2, 0.25) is 0 Å². The third kappa shape index (κ3) is 3.03. The zero-order valence-electron chi connectivity index (χ0n) is 9.66. The summed E-state index contributed by atoms with van der Waals surface area (Å²) in [4.78, 5) is 4.57. The summed E-state index contributed by atoms with van der Waals surface area (Å²) in [7, 11) is 0. The molecule has 0 aliphatic heterocycles. The van der Waals surface area contributed by atoms with Crippen molar-refractivity contribution >= 4 is 0 Å². The van der Waals surface area contributed by atoms with E-state index in [1.807, 2.05) is 0 Å². The Labute approximate surface area is 92.1 Å². The number of pyridine rings is 1. The van der Waals surface area contributed by atoms with Crippen LogP contribution in [-0.2, 0) is 6.42 Å². The van der Waals surface area contributed by atoms with Crippen LogP contribution >= 0.6 is 0 Å². The van der Waals surface area contributed by atoms with Crippen LogP contribution < -0.4 is 5.32 Å². The molecule has 1 unspecified atom stereocenters. The first-order valence-corrected chi connectivity index (χ1v) is 5.95. The molecule has 1 aromatic rings. The predicted molar refractivity (Wildman–Crippen MR) is 62.9 cm³/mol. The van der Waals surface area contributed by atoms with Crippen LogP contribution in [0, 0.1) is 12.8 Å². The van der Waals surface area contributed by atoms with Gasteiger partial charge in [0.15, 0.2) is 0 Å². The summed E-state index contributed by atoms with van der Waals surface area (Å²) >= 11 is 0. The SMILES string of the molecule is CCNC(Cc1cccc(C)n1)C1CC1. The molecule has 1 heterocycles. The summed E-state index contributed by atoms with van der Waals surface area (Å²) in [5, 5.41) is 3.57. The lowest BCUT2D eigenvalue weighted by atomic mass is 10.1. The minimum atomic E-state index is 0.643. The molecule has 0 aromatic carbocycles. The Kier molecular flexibility index (Phi) is 3.37. The van der Waals surface area contributed by atoms with E-state index in [1.165, 1.54) is 18.5 Å². The topological polar surface area (TPSA) is 24.9 Å². The van der Waals surface area contributed by atoms with E-state index < -0.39 is 0 Å². The highest BCUT2D eigenvalue weighted by Crippen LogP contribution is 2.33. The van der Waals surface area contributed by atoms with E-state index in [0.717, 1.165) is 24.6 Å². The van der Waals surface area contributed by atoms with Crippen LogP contribution in [0.3, 0.4) is 0 Å². The summed E-state index contributed by atoms with van der Waals surface area (Å²) in [6, 6.07) is 6.94. The van der Waals surface area contributed by atoms with E-state index in [9.17, 15) is 0 Å². The van der Waals surface area contributed by atoms with Gasteiger partial charge in [0.25, 0.3) is 0 Å². The normalized spacial score (nSPS) is 17.7. The molecule has 0 amide bonds. The number of hydrogen-bond acceptors (Lipinski definition) is 2. The Balaban J connectivity index is 1.98. The molecule has 82 valence electrons. The van der Waals surface area contributed by atoms with E-state index in [-0.39, 0.29) is 0 Å². The lowest BCUT2D eigenvalue weighted by Gasteiger charge is -2.16. The fourth-order valence-electron chi connectivity index (χ4n) is 2.10. The zero-order valence-corrected chi connectivity index (χ0v) is 9.66. The molecule has 0 radical (unpaired) electrons. The third-order valence-corrected chi connectivity index (χ3v) is 3.03. The van der Waals surface area contributed by atoms with Crippen molar-refractivity contribution in [1.29, 1.82) is 0 Å². The maximum absolute atomic E-state index is 4.57. The number of hydrogen-bond donors (Lipinski definition) is 1. The first-order valence-electron chi connectivity index (χ1n) is 5.95. The highest BCUT2D eigenvalue weighted by atomic mass is 14.9. The molecule has 1 aromatic heterocycles. The average Bonchev–Trinajstić information content (AvgIpc) is 3.00. The fraction of sp³-hybridized carbons (Fsp3) is 0.615. The highest BCUT2D eigenvalue weighted by molar-refractivity contribution is 5.12. The van der Waals surface area contributed by atoms with E-state index in [4.69, 9.17) is 0 Å². The molecule has 0 bridgehead atoms. The molecular formula is C13H20N2. The summed E-state index contributed by atoms with van der Waals surface area (Å²) in [5.74, 6) is 0.896. The molecule has 2 rings (SSSR count). The molecule has 1 saturated carbocycles. The third-order valence-electron chi connectivity index (χ3n) is 3.03. The van der Waals surface area contributed by atoms with E-state index >= 15 is 0 Å². The van der Waals surface area contributed by atoms with Crippen molar-refractivity contribution in [2.75, 3.05) is 6.54 Å². The smallest absolute Gasteiger partial charge is 0.0422 e. The molecule has 1 N–H and O–H groups in total. The van der Waals surface area contributed by atoms with E-state index in [0.29, 0.717) is 6.04 Å². The number of rotatable bonds is 5. The van der Waals surface area contributed by atoms with Crippen molar-refractivity contribution in [3.63, 3.8) is 0 Å². The second-order valence-electron chi connectivity index (χ2n) is 4.48. The van der Waals surface area contributed by atoms with Crippen molar-refractivity contribution in [3.8, 4) is 0 Å². The molecule has 2 nitrogen and oxygen atoms in total. The first-order chi connectivity index (χ1) is 7.29. The monoisotopic (exact) mass is 204 g/mol. The van der Waals surface area contributed by atoms with Gasteiger partial charge < -0.3 is 5.32 Å². The van der Waals surface area contributed by atoms with E-state index in [1.54, 1.807) is 0 Å². The maximum atomic E-state index is 4.57. The molecule has 1 aliphatic rings. The highest BCUT2D eigenvalue weighted by Gasteiger charge is 2.30. The number of likely N-dealkylation sites (N-methyl/N-ethyl adjacent to an activating group) is 1. The van der Waals surface area contributed by atoms with Gasteiger partial charge >= 0.3 is 0 Å². The molecule has 0 spiro atoms. The predicted octanol–water partition coefficient (Wildman–Crippen LogP) is 2.32. The van der Waals surface area contributed by atoms with Crippen molar-refractivity contribution in [3.05, 3.63) is 29.6 Å². The van der Waals surface area contributed by atoms with Crippen LogP contribution in [0.4, 0.5) is 0 Å². The minimum absolute atomic E-state index is 0.643. The second-order valence-corrected chi connectivity index (χ2v) is 4.48. The summed E-state index contributed by atoms with van der Waals surface area (Å²) in [5.41, 5.74) is 2.35. The first kappa shape index (κ1) is 10.6. The second kappa shape index (κ2) is 4.75. The molecule has 1 atom stereocenters. The number of nitrogens with one attached hydrogen (secondary N) is 1. The Morgan fingerprint density at radius 2 is 2.27 bits per heavy atom. The fourth-order valence-corrected chi connectivity index (χ4v) is 2.10. The summed E-state index contributed by atoms with van der Waals surface area (Å²) in [6.07, 6.45) is 3.87. The van der Waals surface area contributed by atoms with Gasteiger partial charge in [-0.05, 0) is 44.4 Å². The molecule has 2 heteroatoms. The number of aromatic nitrogens is 1. The molecular weight excluding hydrogens is 184 g/mol. The van der Waals surface area contributed by atoms with Crippen molar-refractivity contribution in [2.45, 2.75) is 39.2 Å². The van der Waals surface area contributed by atoms with Gasteiger partial charge in [-0.1, -0.05) is 13.0 Å². The van der Waals surface area contributed by atoms with Crippen LogP contribution in [0.25, 0.3) is 0 Å². The van der Waals surface area contributed by atoms with Crippen LogP contribution in [-0.4, -0.2) is 17.6 Å². The largest absolute Gasteiger partial charge is 0.314 e. The quantitative estimate of drug-likeness (QED) is 0.796. The van der Waals surface area contributed by atoms with Crippen LogP contribution in [0.15, 0.2) is 18.2 Å². The maximum Gasteiger partial charge on any atom is 0.0422 e. The molecule has 1 fully saturated rings. The van der Waals surface area contributed by atoms with E-state index in [2.05, 4.69) is 42.3 Å². The van der Waals surface area contributed by atoms with Gasteiger partial charge in [0.1, 0.15) is 0 Å². The van der Waals surface area contributed by atoms with Gasteiger partial charge in [0.05, 0.1) is 0 Å². The summed E-state index contributed by atoms with van der Waals surface area (Å²) in [6.45, 7) is 5.30. The lowest BCUT2D eigenvalue weighted by molar-refractivity contribution is 0.468. The van der Waals surface area contributed by atoms with Crippen LogP contribution in [0.5, 0.6) is 0 Å². The Bertz CT molecular complexity index is 318. The number of aryl methyl sites for hydroxylation is 1. The standard InChI is InChI=1S/C13H20N2/c1-3-14-13(11-7-8-11)9-12-6-4-5-10(2)15-12/h4-6,11,13-14H,3,7-9H2,1-2H3. The van der Waals surface area contributed by atoms with Gasteiger partial charge in [-0.15, -0.1) is 0 Å². The van der Waals surface area contributed by atoms with Gasteiger partial charge in [0.2, 0.25) is 0 Å². The van der Waals surface area contributed by atoms with Crippen molar-refractivity contribution < 1.29 is 0 Å². The zero-order chi connectivity index (χ0) is 10.7. The van der Waals surface area contributed by atoms with Gasteiger partial charge in [0, 0.05) is 23.9 Å². The molecule has 1 aliphatic carbocycles.